The lowest BCUT2D eigenvalue weighted by Gasteiger charge is -2.33. The fraction of sp³-hybridized carbons (Fsp3) is 0.290. The van der Waals surface area contributed by atoms with Gasteiger partial charge in [-0.15, -0.1) is 0 Å². The van der Waals surface area contributed by atoms with E-state index in [4.69, 9.17) is 0 Å². The molecule has 0 saturated heterocycles. The van der Waals surface area contributed by atoms with E-state index in [0.717, 1.165) is 32.7 Å². The first-order chi connectivity index (χ1) is 16.6. The Kier molecular flexibility index (Phi) is 6.66. The van der Waals surface area contributed by atoms with Crippen molar-refractivity contribution in [2.45, 2.75) is 39.0 Å². The highest BCUT2D eigenvalue weighted by atomic mass is 15.2. The summed E-state index contributed by atoms with van der Waals surface area (Å²) in [5.41, 5.74) is 9.96. The van der Waals surface area contributed by atoms with Crippen LogP contribution in [0.25, 0.3) is 11.3 Å². The molecule has 3 aromatic carbocycles. The van der Waals surface area contributed by atoms with Crippen LogP contribution in [0.15, 0.2) is 91.0 Å². The Labute approximate surface area is 204 Å². The van der Waals surface area contributed by atoms with E-state index < -0.39 is 0 Å². The second-order valence-electron chi connectivity index (χ2n) is 9.92. The second-order valence-corrected chi connectivity index (χ2v) is 9.92. The van der Waals surface area contributed by atoms with Gasteiger partial charge in [0.05, 0.1) is 5.69 Å². The van der Waals surface area contributed by atoms with Gasteiger partial charge in [-0.1, -0.05) is 97.9 Å². The number of hydrogen-bond donors (Lipinski definition) is 0. The molecule has 0 radical (unpaired) electrons. The van der Waals surface area contributed by atoms with Crippen LogP contribution < -0.4 is 0 Å². The van der Waals surface area contributed by atoms with Crippen molar-refractivity contribution in [3.8, 4) is 11.3 Å². The number of fused-ring (bicyclic) bond motifs is 1. The van der Waals surface area contributed by atoms with E-state index in [-0.39, 0.29) is 0 Å². The third kappa shape index (κ3) is 4.72. The Hall–Kier alpha value is -3.14. The number of benzene rings is 3. The zero-order valence-electron chi connectivity index (χ0n) is 20.6. The molecule has 5 rings (SSSR count). The summed E-state index contributed by atoms with van der Waals surface area (Å²) in [6.07, 6.45) is 0. The third-order valence-corrected chi connectivity index (χ3v) is 6.85. The highest BCUT2D eigenvalue weighted by Crippen LogP contribution is 2.40. The molecule has 0 bridgehead atoms. The van der Waals surface area contributed by atoms with Crippen LogP contribution in [-0.4, -0.2) is 35.0 Å². The summed E-state index contributed by atoms with van der Waals surface area (Å²) >= 11 is 0. The van der Waals surface area contributed by atoms with E-state index in [1.54, 1.807) is 0 Å². The monoisotopic (exact) mass is 449 g/mol. The molecule has 0 spiro atoms. The van der Waals surface area contributed by atoms with Crippen molar-refractivity contribution in [2.24, 2.45) is 0 Å². The molecule has 0 fully saturated rings. The number of aromatic nitrogens is 1. The summed E-state index contributed by atoms with van der Waals surface area (Å²) in [4.78, 5) is 4.94. The first kappa shape index (κ1) is 22.6. The van der Waals surface area contributed by atoms with Crippen LogP contribution in [-0.2, 0) is 26.2 Å². The molecule has 174 valence electrons. The van der Waals surface area contributed by atoms with E-state index in [1.165, 1.54) is 39.2 Å². The van der Waals surface area contributed by atoms with Gasteiger partial charge >= 0.3 is 0 Å². The van der Waals surface area contributed by atoms with Crippen LogP contribution in [0.1, 0.15) is 40.8 Å². The fourth-order valence-corrected chi connectivity index (χ4v) is 5.55. The molecular weight excluding hydrogens is 414 g/mol. The summed E-state index contributed by atoms with van der Waals surface area (Å²) in [5, 5.41) is 0. The van der Waals surface area contributed by atoms with E-state index >= 15 is 0 Å². The lowest BCUT2D eigenvalue weighted by molar-refractivity contribution is 0.221. The van der Waals surface area contributed by atoms with E-state index in [0.29, 0.717) is 5.92 Å². The molecule has 0 saturated carbocycles. The Morgan fingerprint density at radius 2 is 1.32 bits per heavy atom. The first-order valence-electron chi connectivity index (χ1n) is 12.3. The molecule has 3 heteroatoms. The van der Waals surface area contributed by atoms with Crippen molar-refractivity contribution in [3.63, 3.8) is 0 Å². The molecule has 2 heterocycles. The van der Waals surface area contributed by atoms with Crippen molar-refractivity contribution < 1.29 is 0 Å². The molecule has 3 nitrogen and oxygen atoms in total. The highest BCUT2D eigenvalue weighted by molar-refractivity contribution is 5.68. The summed E-state index contributed by atoms with van der Waals surface area (Å²) in [5.74, 6) is 0.467. The number of nitrogens with zero attached hydrogens (tertiary/aromatic N) is 3. The maximum Gasteiger partial charge on any atom is 0.0534 e. The van der Waals surface area contributed by atoms with Crippen molar-refractivity contribution in [1.82, 2.24) is 14.4 Å². The van der Waals surface area contributed by atoms with Crippen LogP contribution in [0.3, 0.4) is 0 Å². The average Bonchev–Trinajstić information content (AvgIpc) is 3.13. The van der Waals surface area contributed by atoms with E-state index in [2.05, 4.69) is 126 Å². The lowest BCUT2D eigenvalue weighted by Crippen LogP contribution is -2.33. The molecule has 0 aliphatic carbocycles. The average molecular weight is 450 g/mol. The molecular formula is C31H35N3. The SMILES string of the molecule is CC1CN(Cc2ccccc2)Cc2c(CN(C)C)c(-c3ccccc3)n(Cc3ccccc3)c21. The second kappa shape index (κ2) is 10.0. The molecule has 1 aliphatic rings. The standard InChI is InChI=1S/C31H35N3/c1-24-19-33(20-25-13-7-4-8-14-25)23-29-28(22-32(2)3)31(27-17-11-6-12-18-27)34(30(24)29)21-26-15-9-5-10-16-26/h4-18,24H,19-23H2,1-3H3. The molecule has 1 aliphatic heterocycles. The molecule has 0 amide bonds. The van der Waals surface area contributed by atoms with Gasteiger partial charge < -0.3 is 9.47 Å². The van der Waals surface area contributed by atoms with Gasteiger partial charge in [-0.05, 0) is 41.9 Å². The molecule has 0 N–H and O–H groups in total. The van der Waals surface area contributed by atoms with Crippen LogP contribution in [0.2, 0.25) is 0 Å². The van der Waals surface area contributed by atoms with Gasteiger partial charge in [0.25, 0.3) is 0 Å². The van der Waals surface area contributed by atoms with Crippen molar-refractivity contribution in [2.75, 3.05) is 20.6 Å². The van der Waals surface area contributed by atoms with Gasteiger partial charge in [0.15, 0.2) is 0 Å². The Bertz CT molecular complexity index is 1210. The minimum absolute atomic E-state index is 0.467. The third-order valence-electron chi connectivity index (χ3n) is 6.85. The van der Waals surface area contributed by atoms with Gasteiger partial charge in [0.2, 0.25) is 0 Å². The van der Waals surface area contributed by atoms with Crippen molar-refractivity contribution in [1.29, 1.82) is 0 Å². The van der Waals surface area contributed by atoms with Gasteiger partial charge in [-0.3, -0.25) is 4.90 Å². The number of rotatable bonds is 7. The summed E-state index contributed by atoms with van der Waals surface area (Å²) in [6.45, 7) is 7.34. The zero-order valence-corrected chi connectivity index (χ0v) is 20.6. The number of hydrogen-bond acceptors (Lipinski definition) is 2. The van der Waals surface area contributed by atoms with Crippen LogP contribution in [0.5, 0.6) is 0 Å². The van der Waals surface area contributed by atoms with Crippen LogP contribution in [0.4, 0.5) is 0 Å². The topological polar surface area (TPSA) is 11.4 Å². The molecule has 4 aromatic rings. The quantitative estimate of drug-likeness (QED) is 0.324. The van der Waals surface area contributed by atoms with Gasteiger partial charge in [-0.2, -0.15) is 0 Å². The normalized spacial score (nSPS) is 16.1. The summed E-state index contributed by atoms with van der Waals surface area (Å²) in [6, 6.07) is 32.8. The van der Waals surface area contributed by atoms with Gasteiger partial charge in [-0.25, -0.2) is 0 Å². The summed E-state index contributed by atoms with van der Waals surface area (Å²) < 4.78 is 2.63. The smallest absolute Gasteiger partial charge is 0.0534 e. The maximum absolute atomic E-state index is 2.63. The van der Waals surface area contributed by atoms with Crippen molar-refractivity contribution in [3.05, 3.63) is 119 Å². The molecule has 1 unspecified atom stereocenters. The zero-order chi connectivity index (χ0) is 23.5. The first-order valence-corrected chi connectivity index (χ1v) is 12.3. The molecule has 34 heavy (non-hydrogen) atoms. The molecule has 1 aromatic heterocycles. The highest BCUT2D eigenvalue weighted by Gasteiger charge is 2.32. The Balaban J connectivity index is 1.64. The summed E-state index contributed by atoms with van der Waals surface area (Å²) in [7, 11) is 4.37. The largest absolute Gasteiger partial charge is 0.339 e. The van der Waals surface area contributed by atoms with Gasteiger partial charge in [0.1, 0.15) is 0 Å². The fourth-order valence-electron chi connectivity index (χ4n) is 5.55. The van der Waals surface area contributed by atoms with Crippen molar-refractivity contribution >= 4 is 0 Å². The Morgan fingerprint density at radius 1 is 0.765 bits per heavy atom. The van der Waals surface area contributed by atoms with Gasteiger partial charge in [0, 0.05) is 44.3 Å². The minimum Gasteiger partial charge on any atom is -0.339 e. The minimum atomic E-state index is 0.467. The Morgan fingerprint density at radius 3 is 1.91 bits per heavy atom. The van der Waals surface area contributed by atoms with Crippen LogP contribution in [0, 0.1) is 0 Å². The lowest BCUT2D eigenvalue weighted by atomic mass is 9.94. The van der Waals surface area contributed by atoms with Crippen LogP contribution >= 0.6 is 0 Å². The predicted molar refractivity (Wildman–Crippen MR) is 142 cm³/mol. The maximum atomic E-state index is 2.63. The predicted octanol–water partition coefficient (Wildman–Crippen LogP) is 6.38. The van der Waals surface area contributed by atoms with E-state index in [9.17, 15) is 0 Å². The molecule has 1 atom stereocenters. The van der Waals surface area contributed by atoms with E-state index in [1.807, 2.05) is 0 Å².